The number of esters is 1. The van der Waals surface area contributed by atoms with Crippen LogP contribution in [-0.4, -0.2) is 25.5 Å². The van der Waals surface area contributed by atoms with E-state index < -0.39 is 16.1 Å². The Hall–Kier alpha value is -2.90. The molecule has 0 saturated heterocycles. The van der Waals surface area contributed by atoms with E-state index in [4.69, 9.17) is 9.47 Å². The summed E-state index contributed by atoms with van der Waals surface area (Å²) in [6.07, 6.45) is 1.03. The maximum Gasteiger partial charge on any atom is 0.349 e. The highest BCUT2D eigenvalue weighted by Crippen LogP contribution is 2.24. The van der Waals surface area contributed by atoms with Crippen LogP contribution in [0.4, 0.5) is 0 Å². The Morgan fingerprint density at radius 1 is 0.966 bits per heavy atom. The van der Waals surface area contributed by atoms with Gasteiger partial charge in [0.1, 0.15) is 21.6 Å². The molecule has 3 aromatic carbocycles. The maximum atomic E-state index is 12.0. The van der Waals surface area contributed by atoms with Gasteiger partial charge in [-0.15, -0.1) is 0 Å². The van der Waals surface area contributed by atoms with Crippen molar-refractivity contribution in [2.75, 3.05) is 6.61 Å². The van der Waals surface area contributed by atoms with Crippen molar-refractivity contribution in [2.45, 2.75) is 31.1 Å². The SMILES string of the molecule is CCC(C)c1ccc(OC(=O)COc2ccc3cc(S(=O)(=O)[O-])ccc3c2)cc1. The molecule has 0 N–H and O–H groups in total. The van der Waals surface area contributed by atoms with Crippen LogP contribution in [0.5, 0.6) is 11.5 Å². The van der Waals surface area contributed by atoms with Crippen LogP contribution in [0.15, 0.2) is 65.6 Å². The molecule has 0 aromatic heterocycles. The molecular formula is C22H21O6S-. The first-order valence-electron chi connectivity index (χ1n) is 9.19. The number of hydrogen-bond acceptors (Lipinski definition) is 6. The number of ether oxygens (including phenoxy) is 2. The van der Waals surface area contributed by atoms with Crippen LogP contribution in [0, 0.1) is 0 Å². The summed E-state index contributed by atoms with van der Waals surface area (Å²) in [5.74, 6) is 0.796. The van der Waals surface area contributed by atoms with Crippen molar-refractivity contribution >= 4 is 26.9 Å². The zero-order valence-electron chi connectivity index (χ0n) is 16.1. The third-order valence-electron chi connectivity index (χ3n) is 4.72. The van der Waals surface area contributed by atoms with Gasteiger partial charge in [0.25, 0.3) is 0 Å². The molecule has 0 aliphatic heterocycles. The topological polar surface area (TPSA) is 92.7 Å². The second kappa shape index (κ2) is 8.63. The van der Waals surface area contributed by atoms with Crippen LogP contribution in [0.2, 0.25) is 0 Å². The zero-order valence-corrected chi connectivity index (χ0v) is 16.9. The Balaban J connectivity index is 1.61. The maximum absolute atomic E-state index is 12.0. The molecule has 0 amide bonds. The predicted octanol–water partition coefficient (Wildman–Crippen LogP) is 4.24. The summed E-state index contributed by atoms with van der Waals surface area (Å²) in [6.45, 7) is 3.98. The highest BCUT2D eigenvalue weighted by Gasteiger charge is 2.09. The van der Waals surface area contributed by atoms with Crippen molar-refractivity contribution in [3.05, 3.63) is 66.2 Å². The molecule has 0 heterocycles. The lowest BCUT2D eigenvalue weighted by atomic mass is 9.99. The van der Waals surface area contributed by atoms with Gasteiger partial charge in [-0.25, -0.2) is 13.2 Å². The Labute approximate surface area is 169 Å². The number of carbonyl (C=O) groups is 1. The number of hydrogen-bond donors (Lipinski definition) is 0. The van der Waals surface area contributed by atoms with Crippen LogP contribution < -0.4 is 9.47 Å². The average molecular weight is 413 g/mol. The molecule has 152 valence electrons. The van der Waals surface area contributed by atoms with Crippen molar-refractivity contribution in [3.63, 3.8) is 0 Å². The molecule has 1 atom stereocenters. The molecule has 3 rings (SSSR count). The van der Waals surface area contributed by atoms with Crippen molar-refractivity contribution < 1.29 is 27.2 Å². The minimum atomic E-state index is -4.51. The van der Waals surface area contributed by atoms with Gasteiger partial charge >= 0.3 is 5.97 Å². The fourth-order valence-corrected chi connectivity index (χ4v) is 3.36. The summed E-state index contributed by atoms with van der Waals surface area (Å²) < 4.78 is 44.1. The van der Waals surface area contributed by atoms with Crippen LogP contribution in [0.25, 0.3) is 10.8 Å². The second-order valence-electron chi connectivity index (χ2n) is 6.77. The third kappa shape index (κ3) is 5.34. The molecule has 0 saturated carbocycles. The molecule has 0 bridgehead atoms. The molecule has 3 aromatic rings. The molecule has 0 aliphatic rings. The molecule has 0 aliphatic carbocycles. The zero-order chi connectivity index (χ0) is 21.0. The lowest BCUT2D eigenvalue weighted by Gasteiger charge is -2.11. The molecule has 0 spiro atoms. The van der Waals surface area contributed by atoms with E-state index in [-0.39, 0.29) is 11.5 Å². The smallest absolute Gasteiger partial charge is 0.349 e. The highest BCUT2D eigenvalue weighted by molar-refractivity contribution is 7.85. The summed E-state index contributed by atoms with van der Waals surface area (Å²) in [5.41, 5.74) is 1.19. The molecule has 1 unspecified atom stereocenters. The van der Waals surface area contributed by atoms with Crippen molar-refractivity contribution in [3.8, 4) is 11.5 Å². The Kier molecular flexibility index (Phi) is 6.20. The molecule has 0 fully saturated rings. The third-order valence-corrected chi connectivity index (χ3v) is 5.55. The van der Waals surface area contributed by atoms with Gasteiger partial charge < -0.3 is 14.0 Å². The molecule has 29 heavy (non-hydrogen) atoms. The van der Waals surface area contributed by atoms with E-state index >= 15 is 0 Å². The quantitative estimate of drug-likeness (QED) is 0.327. The van der Waals surface area contributed by atoms with Crippen LogP contribution in [-0.2, 0) is 14.9 Å². The largest absolute Gasteiger partial charge is 0.744 e. The summed E-state index contributed by atoms with van der Waals surface area (Å²) >= 11 is 0. The lowest BCUT2D eigenvalue weighted by Crippen LogP contribution is -2.17. The first-order valence-corrected chi connectivity index (χ1v) is 10.6. The predicted molar refractivity (Wildman–Crippen MR) is 108 cm³/mol. The second-order valence-corrected chi connectivity index (χ2v) is 8.15. The van der Waals surface area contributed by atoms with Gasteiger partial charge in [0, 0.05) is 0 Å². The summed E-state index contributed by atoms with van der Waals surface area (Å²) in [5, 5.41) is 1.27. The van der Waals surface area contributed by atoms with E-state index in [1.54, 1.807) is 30.3 Å². The van der Waals surface area contributed by atoms with Gasteiger partial charge in [0.05, 0.1) is 4.90 Å². The highest BCUT2D eigenvalue weighted by atomic mass is 32.2. The van der Waals surface area contributed by atoms with E-state index in [1.165, 1.54) is 23.8 Å². The van der Waals surface area contributed by atoms with Crippen LogP contribution >= 0.6 is 0 Å². The minimum absolute atomic E-state index is 0.272. The standard InChI is InChI=1S/C22H22O6S/c1-3-15(2)16-4-8-19(9-5-16)28-22(23)14-27-20-10-6-18-13-21(29(24,25)26)11-7-17(18)12-20/h4-13,15H,3,14H2,1-2H3,(H,24,25,26)/p-1. The van der Waals surface area contributed by atoms with Crippen LogP contribution in [0.3, 0.4) is 0 Å². The normalized spacial score (nSPS) is 12.5. The van der Waals surface area contributed by atoms with E-state index in [0.29, 0.717) is 28.2 Å². The van der Waals surface area contributed by atoms with E-state index in [0.717, 1.165) is 6.42 Å². The molecular weight excluding hydrogens is 392 g/mol. The number of rotatable bonds is 7. The fourth-order valence-electron chi connectivity index (χ4n) is 2.85. The summed E-state index contributed by atoms with van der Waals surface area (Å²) in [7, 11) is -4.51. The van der Waals surface area contributed by atoms with Gasteiger partial charge in [-0.1, -0.05) is 38.1 Å². The van der Waals surface area contributed by atoms with E-state index in [1.807, 2.05) is 12.1 Å². The van der Waals surface area contributed by atoms with Gasteiger partial charge in [-0.3, -0.25) is 0 Å². The van der Waals surface area contributed by atoms with Crippen LogP contribution in [0.1, 0.15) is 31.7 Å². The van der Waals surface area contributed by atoms with Crippen molar-refractivity contribution in [1.82, 2.24) is 0 Å². The van der Waals surface area contributed by atoms with E-state index in [2.05, 4.69) is 13.8 Å². The number of carbonyl (C=O) groups excluding carboxylic acids is 1. The molecule has 7 heteroatoms. The Bertz CT molecular complexity index is 1120. The molecule has 0 radical (unpaired) electrons. The minimum Gasteiger partial charge on any atom is -0.744 e. The number of benzene rings is 3. The average Bonchev–Trinajstić information content (AvgIpc) is 2.71. The summed E-state index contributed by atoms with van der Waals surface area (Å²) in [6, 6.07) is 16.3. The van der Waals surface area contributed by atoms with Crippen molar-refractivity contribution in [2.24, 2.45) is 0 Å². The molecule has 6 nitrogen and oxygen atoms in total. The van der Waals surface area contributed by atoms with Gasteiger partial charge in [-0.05, 0) is 65.1 Å². The van der Waals surface area contributed by atoms with Gasteiger partial charge in [-0.2, -0.15) is 0 Å². The lowest BCUT2D eigenvalue weighted by molar-refractivity contribution is -0.136. The van der Waals surface area contributed by atoms with Gasteiger partial charge in [0.2, 0.25) is 0 Å². The monoisotopic (exact) mass is 413 g/mol. The summed E-state index contributed by atoms with van der Waals surface area (Å²) in [4.78, 5) is 11.7. The van der Waals surface area contributed by atoms with Gasteiger partial charge in [0.15, 0.2) is 6.61 Å². The number of fused-ring (bicyclic) bond motifs is 1. The Morgan fingerprint density at radius 3 is 2.24 bits per heavy atom. The first kappa shape index (κ1) is 20.8. The van der Waals surface area contributed by atoms with Crippen molar-refractivity contribution in [1.29, 1.82) is 0 Å². The Morgan fingerprint density at radius 2 is 1.59 bits per heavy atom. The first-order chi connectivity index (χ1) is 13.8. The van der Waals surface area contributed by atoms with E-state index in [9.17, 15) is 17.8 Å². The fraction of sp³-hybridized carbons (Fsp3) is 0.227.